The molecule has 2 amide bonds. The molecule has 1 saturated carbocycles. The Labute approximate surface area is 195 Å². The number of aromatic nitrogens is 3. The summed E-state index contributed by atoms with van der Waals surface area (Å²) in [6.45, 7) is 0.641. The summed E-state index contributed by atoms with van der Waals surface area (Å²) in [6, 6.07) is 5.26. The number of amides is 2. The number of carbonyl (C=O) groups excluding carboxylic acids is 2. The first kappa shape index (κ1) is 21.8. The van der Waals surface area contributed by atoms with E-state index in [2.05, 4.69) is 20.3 Å². The number of hydrogen-bond donors (Lipinski definition) is 1. The highest BCUT2D eigenvalue weighted by Crippen LogP contribution is 2.27. The number of nitrogens with one attached hydrogen (secondary N) is 1. The van der Waals surface area contributed by atoms with Crippen LogP contribution in [0.1, 0.15) is 42.7 Å². The number of benzene rings is 1. The fourth-order valence-electron chi connectivity index (χ4n) is 4.41. The number of nitrogens with zero attached hydrogens (tertiary/aromatic N) is 4. The van der Waals surface area contributed by atoms with Crippen LogP contribution in [-0.2, 0) is 9.53 Å². The molecule has 2 aromatic heterocycles. The van der Waals surface area contributed by atoms with Crippen molar-refractivity contribution >= 4 is 34.5 Å². The third kappa shape index (κ3) is 4.56. The predicted molar refractivity (Wildman–Crippen MR) is 121 cm³/mol. The second kappa shape index (κ2) is 9.07. The van der Waals surface area contributed by atoms with Gasteiger partial charge in [0.15, 0.2) is 5.58 Å². The van der Waals surface area contributed by atoms with E-state index < -0.39 is 0 Å². The number of fused-ring (bicyclic) bond motifs is 1. The average molecular weight is 470 g/mol. The van der Waals surface area contributed by atoms with Crippen LogP contribution in [-0.4, -0.2) is 63.5 Å². The Morgan fingerprint density at radius 1 is 1.18 bits per heavy atom. The maximum atomic E-state index is 12.9. The molecule has 1 aliphatic heterocycles. The van der Waals surface area contributed by atoms with Gasteiger partial charge in [-0.1, -0.05) is 11.6 Å². The lowest BCUT2D eigenvalue weighted by molar-refractivity contribution is -0.130. The van der Waals surface area contributed by atoms with E-state index in [9.17, 15) is 9.59 Å². The van der Waals surface area contributed by atoms with Crippen LogP contribution in [0.5, 0.6) is 0 Å². The second-order valence-corrected chi connectivity index (χ2v) is 8.95. The Bertz CT molecular complexity index is 1180. The number of oxazole rings is 1. The molecule has 3 heterocycles. The molecule has 2 aliphatic rings. The van der Waals surface area contributed by atoms with Crippen molar-refractivity contribution in [1.82, 2.24) is 25.2 Å². The lowest BCUT2D eigenvalue weighted by Gasteiger charge is -2.24. The molecule has 3 atom stereocenters. The average Bonchev–Trinajstić information content (AvgIpc) is 3.58. The van der Waals surface area contributed by atoms with Gasteiger partial charge in [0.1, 0.15) is 11.6 Å². The van der Waals surface area contributed by atoms with Crippen LogP contribution in [0.4, 0.5) is 0 Å². The van der Waals surface area contributed by atoms with Crippen molar-refractivity contribution in [2.24, 2.45) is 0 Å². The molecule has 9 nitrogen and oxygen atoms in total. The van der Waals surface area contributed by atoms with Crippen LogP contribution in [0.3, 0.4) is 0 Å². The first-order valence-electron chi connectivity index (χ1n) is 11.1. The van der Waals surface area contributed by atoms with Crippen LogP contribution >= 0.6 is 11.6 Å². The Hall–Kier alpha value is -3.04. The molecule has 1 unspecified atom stereocenters. The van der Waals surface area contributed by atoms with Crippen LogP contribution in [0, 0.1) is 0 Å². The Kier molecular flexibility index (Phi) is 5.99. The summed E-state index contributed by atoms with van der Waals surface area (Å²) in [5.41, 5.74) is 1.82. The molecule has 1 aliphatic carbocycles. The molecule has 10 heteroatoms. The molecule has 1 saturated heterocycles. The second-order valence-electron chi connectivity index (χ2n) is 8.52. The number of ether oxygens (including phenoxy) is 1. The summed E-state index contributed by atoms with van der Waals surface area (Å²) < 4.78 is 11.2. The minimum absolute atomic E-state index is 0.0114. The highest BCUT2D eigenvalue weighted by molar-refractivity contribution is 6.31. The van der Waals surface area contributed by atoms with E-state index in [0.717, 1.165) is 25.7 Å². The summed E-state index contributed by atoms with van der Waals surface area (Å²) in [5.74, 6) is 0.155. The molecule has 0 radical (unpaired) electrons. The standard InChI is InChI=1S/C23H24ClN5O4/c1-29(16-6-5-15(10-16)27-21(30)18-3-2-8-32-18)23(31)20-25-11-13(12-26-20)22-28-17-7-4-14(24)9-19(17)33-22/h4,7,9,11-12,15-16,18H,2-3,5-6,8,10H2,1H3,(H,27,30)/t15-,16+,18?/m0/s1. The molecule has 1 aromatic carbocycles. The molecule has 3 aromatic rings. The SMILES string of the molecule is CN(C(=O)c1ncc(-c2nc3ccc(Cl)cc3o2)cn1)[C@@H]1CC[C@H](NC(=O)C2CCCO2)C1. The summed E-state index contributed by atoms with van der Waals surface area (Å²) in [4.78, 5) is 39.8. The maximum Gasteiger partial charge on any atom is 0.291 e. The first-order valence-corrected chi connectivity index (χ1v) is 11.4. The molecule has 0 spiro atoms. The van der Waals surface area contributed by atoms with Gasteiger partial charge in [0.25, 0.3) is 5.91 Å². The van der Waals surface area contributed by atoms with Crippen LogP contribution < -0.4 is 5.32 Å². The quantitative estimate of drug-likeness (QED) is 0.610. The van der Waals surface area contributed by atoms with Gasteiger partial charge in [0.05, 0.1) is 5.56 Å². The van der Waals surface area contributed by atoms with Gasteiger partial charge in [-0.05, 0) is 44.2 Å². The summed E-state index contributed by atoms with van der Waals surface area (Å²) in [7, 11) is 1.75. The van der Waals surface area contributed by atoms with E-state index in [1.165, 1.54) is 12.4 Å². The predicted octanol–water partition coefficient (Wildman–Crippen LogP) is 3.23. The van der Waals surface area contributed by atoms with Gasteiger partial charge in [-0.3, -0.25) is 9.59 Å². The van der Waals surface area contributed by atoms with Crippen molar-refractivity contribution in [2.75, 3.05) is 13.7 Å². The normalized spacial score (nSPS) is 22.5. The van der Waals surface area contributed by atoms with Crippen molar-refractivity contribution < 1.29 is 18.7 Å². The van der Waals surface area contributed by atoms with E-state index in [0.29, 0.717) is 40.6 Å². The Balaban J connectivity index is 1.21. The topological polar surface area (TPSA) is 110 Å². The summed E-state index contributed by atoms with van der Waals surface area (Å²) >= 11 is 6.00. The monoisotopic (exact) mass is 469 g/mol. The number of hydrogen-bond acceptors (Lipinski definition) is 7. The van der Waals surface area contributed by atoms with Crippen LogP contribution in [0.25, 0.3) is 22.6 Å². The third-order valence-electron chi connectivity index (χ3n) is 6.28. The number of carbonyl (C=O) groups is 2. The fraction of sp³-hybridized carbons (Fsp3) is 0.435. The van der Waals surface area contributed by atoms with E-state index in [4.69, 9.17) is 20.8 Å². The third-order valence-corrected chi connectivity index (χ3v) is 6.52. The molecule has 5 rings (SSSR count). The maximum absolute atomic E-state index is 12.9. The first-order chi connectivity index (χ1) is 16.0. The highest BCUT2D eigenvalue weighted by atomic mass is 35.5. The van der Waals surface area contributed by atoms with Gasteiger partial charge in [-0.2, -0.15) is 0 Å². The summed E-state index contributed by atoms with van der Waals surface area (Å²) in [6.07, 6.45) is 6.73. The Morgan fingerprint density at radius 3 is 2.76 bits per heavy atom. The molecule has 1 N–H and O–H groups in total. The number of rotatable bonds is 5. The zero-order valence-corrected chi connectivity index (χ0v) is 18.9. The zero-order valence-electron chi connectivity index (χ0n) is 18.2. The summed E-state index contributed by atoms with van der Waals surface area (Å²) in [5, 5.41) is 3.63. The highest BCUT2D eigenvalue weighted by Gasteiger charge is 2.33. The van der Waals surface area contributed by atoms with E-state index in [1.807, 2.05) is 0 Å². The zero-order chi connectivity index (χ0) is 22.9. The van der Waals surface area contributed by atoms with Crippen molar-refractivity contribution in [3.05, 3.63) is 41.4 Å². The van der Waals surface area contributed by atoms with E-state index >= 15 is 0 Å². The molecular weight excluding hydrogens is 446 g/mol. The van der Waals surface area contributed by atoms with Gasteiger partial charge < -0.3 is 19.4 Å². The molecule has 33 heavy (non-hydrogen) atoms. The minimum Gasteiger partial charge on any atom is -0.436 e. The molecule has 0 bridgehead atoms. The van der Waals surface area contributed by atoms with E-state index in [1.54, 1.807) is 30.1 Å². The van der Waals surface area contributed by atoms with Gasteiger partial charge in [0.2, 0.25) is 17.6 Å². The van der Waals surface area contributed by atoms with Gasteiger partial charge >= 0.3 is 0 Å². The Morgan fingerprint density at radius 2 is 2.00 bits per heavy atom. The largest absolute Gasteiger partial charge is 0.436 e. The van der Waals surface area contributed by atoms with Crippen LogP contribution in [0.15, 0.2) is 35.0 Å². The van der Waals surface area contributed by atoms with Gasteiger partial charge in [-0.15, -0.1) is 0 Å². The molecule has 2 fully saturated rings. The lowest BCUT2D eigenvalue weighted by Crippen LogP contribution is -2.42. The van der Waals surface area contributed by atoms with Crippen LogP contribution in [0.2, 0.25) is 5.02 Å². The fourth-order valence-corrected chi connectivity index (χ4v) is 4.58. The molecule has 172 valence electrons. The van der Waals surface area contributed by atoms with Crippen molar-refractivity contribution in [2.45, 2.75) is 50.3 Å². The smallest absolute Gasteiger partial charge is 0.291 e. The molecular formula is C23H24ClN5O4. The van der Waals surface area contributed by atoms with Crippen molar-refractivity contribution in [3.63, 3.8) is 0 Å². The van der Waals surface area contributed by atoms with Gasteiger partial charge in [0, 0.05) is 49.2 Å². The van der Waals surface area contributed by atoms with E-state index in [-0.39, 0.29) is 35.8 Å². The minimum atomic E-state index is -0.339. The number of halogens is 1. The van der Waals surface area contributed by atoms with Gasteiger partial charge in [-0.25, -0.2) is 15.0 Å². The van der Waals surface area contributed by atoms with Crippen molar-refractivity contribution in [3.8, 4) is 11.5 Å². The lowest BCUT2D eigenvalue weighted by atomic mass is 10.2. The van der Waals surface area contributed by atoms with Crippen molar-refractivity contribution in [1.29, 1.82) is 0 Å².